The molecular weight excluding hydrogens is 594 g/mol. The highest BCUT2D eigenvalue weighted by Gasteiger charge is 2.14. The minimum absolute atomic E-state index is 0. The molecule has 0 bridgehead atoms. The van der Waals surface area contributed by atoms with Gasteiger partial charge in [0.25, 0.3) is 0 Å². The summed E-state index contributed by atoms with van der Waals surface area (Å²) in [6, 6.07) is 9.06. The summed E-state index contributed by atoms with van der Waals surface area (Å²) in [5.41, 5.74) is 2.62. The van der Waals surface area contributed by atoms with Gasteiger partial charge in [0.05, 0.1) is 0 Å². The standard InChI is InChI=1S/C26H42N2.2HI/c1-5-9-11-23(7-3)21-27-17-13-25(14-18-27)26-15-19-28(20-16-26)22-24(8-4)12-10-6-2;;/h13-20,23-24H,5-12,21-22H2,1-4H3;2*1H/q+2;;/p-2. The van der Waals surface area contributed by atoms with Crippen LogP contribution in [0, 0.1) is 11.8 Å². The molecule has 2 atom stereocenters. The molecule has 0 N–H and O–H groups in total. The van der Waals surface area contributed by atoms with Crippen molar-refractivity contribution in [2.45, 2.75) is 92.2 Å². The van der Waals surface area contributed by atoms with Gasteiger partial charge < -0.3 is 48.0 Å². The van der Waals surface area contributed by atoms with Gasteiger partial charge in [-0.25, -0.2) is 9.13 Å². The molecule has 0 saturated heterocycles. The number of hydrogen-bond acceptors (Lipinski definition) is 0. The molecule has 0 aromatic carbocycles. The van der Waals surface area contributed by atoms with Crippen molar-refractivity contribution < 1.29 is 57.1 Å². The SMILES string of the molecule is CCCCC(CC)C[n+]1ccc(-c2cc[n+](CC(CC)CCCC)cc2)cc1.[I-].[I-]. The maximum absolute atomic E-state index is 2.36. The first-order chi connectivity index (χ1) is 13.7. The van der Waals surface area contributed by atoms with E-state index in [1.165, 1.54) is 62.5 Å². The average Bonchev–Trinajstić information content (AvgIpc) is 2.75. The molecule has 170 valence electrons. The highest BCUT2D eigenvalue weighted by molar-refractivity contribution is 5.60. The lowest BCUT2D eigenvalue weighted by Crippen LogP contribution is -3.00. The van der Waals surface area contributed by atoms with Crippen molar-refractivity contribution in [3.63, 3.8) is 0 Å². The van der Waals surface area contributed by atoms with Crippen LogP contribution in [0.15, 0.2) is 49.1 Å². The van der Waals surface area contributed by atoms with Crippen LogP contribution in [0.2, 0.25) is 0 Å². The van der Waals surface area contributed by atoms with Gasteiger partial charge in [-0.3, -0.25) is 0 Å². The van der Waals surface area contributed by atoms with Gasteiger partial charge in [-0.1, -0.05) is 53.4 Å². The van der Waals surface area contributed by atoms with Crippen molar-refractivity contribution in [1.29, 1.82) is 0 Å². The van der Waals surface area contributed by atoms with Gasteiger partial charge >= 0.3 is 0 Å². The van der Waals surface area contributed by atoms with Crippen molar-refractivity contribution in [3.8, 4) is 11.1 Å². The average molecular weight is 636 g/mol. The van der Waals surface area contributed by atoms with Gasteiger partial charge in [-0.2, -0.15) is 0 Å². The lowest BCUT2D eigenvalue weighted by atomic mass is 9.99. The number of aromatic nitrogens is 2. The molecule has 4 heteroatoms. The van der Waals surface area contributed by atoms with Crippen molar-refractivity contribution in [1.82, 2.24) is 0 Å². The maximum atomic E-state index is 2.36. The Morgan fingerprint density at radius 3 is 1.20 bits per heavy atom. The fourth-order valence-corrected chi connectivity index (χ4v) is 3.97. The monoisotopic (exact) mass is 636 g/mol. The Labute approximate surface area is 219 Å². The first-order valence-electron chi connectivity index (χ1n) is 11.7. The third kappa shape index (κ3) is 10.4. The molecule has 2 unspecified atom stereocenters. The lowest BCUT2D eigenvalue weighted by molar-refractivity contribution is -0.703. The Morgan fingerprint density at radius 2 is 0.933 bits per heavy atom. The molecule has 2 aromatic heterocycles. The molecule has 2 nitrogen and oxygen atoms in total. The third-order valence-corrected chi connectivity index (χ3v) is 6.14. The molecule has 0 aliphatic carbocycles. The van der Waals surface area contributed by atoms with Crippen LogP contribution in [-0.4, -0.2) is 0 Å². The second kappa shape index (κ2) is 17.3. The van der Waals surface area contributed by atoms with Crippen molar-refractivity contribution in [2.75, 3.05) is 0 Å². The van der Waals surface area contributed by atoms with E-state index in [9.17, 15) is 0 Å². The smallest absolute Gasteiger partial charge is 0.169 e. The quantitative estimate of drug-likeness (QED) is 0.222. The molecule has 0 radical (unpaired) electrons. The number of pyridine rings is 2. The van der Waals surface area contributed by atoms with Crippen LogP contribution in [0.5, 0.6) is 0 Å². The zero-order valence-electron chi connectivity index (χ0n) is 19.5. The number of halogens is 2. The first-order valence-corrected chi connectivity index (χ1v) is 11.7. The van der Waals surface area contributed by atoms with E-state index in [1.807, 2.05) is 0 Å². The summed E-state index contributed by atoms with van der Waals surface area (Å²) in [5, 5.41) is 0. The van der Waals surface area contributed by atoms with E-state index in [0.717, 1.165) is 24.9 Å². The second-order valence-corrected chi connectivity index (χ2v) is 8.40. The van der Waals surface area contributed by atoms with Crippen LogP contribution in [0.4, 0.5) is 0 Å². The van der Waals surface area contributed by atoms with Crippen LogP contribution in [0.3, 0.4) is 0 Å². The van der Waals surface area contributed by atoms with Gasteiger partial charge in [0.1, 0.15) is 0 Å². The summed E-state index contributed by atoms with van der Waals surface area (Å²) in [7, 11) is 0. The van der Waals surface area contributed by atoms with Gasteiger partial charge in [0, 0.05) is 36.1 Å². The topological polar surface area (TPSA) is 7.76 Å². The fourth-order valence-electron chi connectivity index (χ4n) is 3.97. The molecule has 0 saturated carbocycles. The summed E-state index contributed by atoms with van der Waals surface area (Å²) in [6.45, 7) is 11.5. The molecule has 30 heavy (non-hydrogen) atoms. The number of nitrogens with zero attached hydrogens (tertiary/aromatic N) is 2. The first kappa shape index (κ1) is 29.8. The lowest BCUT2D eigenvalue weighted by Gasteiger charge is -2.11. The Kier molecular flexibility index (Phi) is 17.2. The van der Waals surface area contributed by atoms with E-state index >= 15 is 0 Å². The van der Waals surface area contributed by atoms with Crippen LogP contribution >= 0.6 is 0 Å². The Bertz CT molecular complexity index is 596. The van der Waals surface area contributed by atoms with Gasteiger partial charge in [-0.05, 0) is 36.8 Å². The normalized spacial score (nSPS) is 12.5. The van der Waals surface area contributed by atoms with E-state index in [2.05, 4.69) is 85.9 Å². The Morgan fingerprint density at radius 1 is 0.600 bits per heavy atom. The summed E-state index contributed by atoms with van der Waals surface area (Å²) >= 11 is 0. The summed E-state index contributed by atoms with van der Waals surface area (Å²) < 4.78 is 4.71. The molecule has 2 rings (SSSR count). The largest absolute Gasteiger partial charge is 1.00 e. The highest BCUT2D eigenvalue weighted by atomic mass is 127. The number of hydrogen-bond donors (Lipinski definition) is 0. The van der Waals surface area contributed by atoms with E-state index in [-0.39, 0.29) is 48.0 Å². The van der Waals surface area contributed by atoms with E-state index in [0.29, 0.717) is 0 Å². The van der Waals surface area contributed by atoms with Gasteiger partial charge in [-0.15, -0.1) is 0 Å². The Balaban J connectivity index is 0.00000420. The molecule has 2 aromatic rings. The number of rotatable bonds is 13. The second-order valence-electron chi connectivity index (χ2n) is 8.40. The van der Waals surface area contributed by atoms with Crippen molar-refractivity contribution >= 4 is 0 Å². The predicted octanol–water partition coefficient (Wildman–Crippen LogP) is 0.369. The summed E-state index contributed by atoms with van der Waals surface area (Å²) in [6.07, 6.45) is 19.5. The molecule has 2 heterocycles. The maximum Gasteiger partial charge on any atom is 0.169 e. The summed E-state index contributed by atoms with van der Waals surface area (Å²) in [5.74, 6) is 1.59. The van der Waals surface area contributed by atoms with Gasteiger partial charge in [0.2, 0.25) is 0 Å². The Hall–Kier alpha value is -0.240. The molecule has 0 aliphatic heterocycles. The number of unbranched alkanes of at least 4 members (excludes halogenated alkanes) is 2. The van der Waals surface area contributed by atoms with Crippen LogP contribution in [0.25, 0.3) is 11.1 Å². The van der Waals surface area contributed by atoms with E-state index in [4.69, 9.17) is 0 Å². The van der Waals surface area contributed by atoms with Crippen LogP contribution < -0.4 is 57.1 Å². The van der Waals surface area contributed by atoms with E-state index in [1.54, 1.807) is 0 Å². The molecule has 0 aliphatic rings. The van der Waals surface area contributed by atoms with Crippen molar-refractivity contribution in [3.05, 3.63) is 49.1 Å². The molecular formula is C26H42I2N2. The van der Waals surface area contributed by atoms with Crippen molar-refractivity contribution in [2.24, 2.45) is 11.8 Å². The van der Waals surface area contributed by atoms with E-state index < -0.39 is 0 Å². The third-order valence-electron chi connectivity index (χ3n) is 6.14. The summed E-state index contributed by atoms with van der Waals surface area (Å²) in [4.78, 5) is 0. The van der Waals surface area contributed by atoms with Gasteiger partial charge in [0.15, 0.2) is 37.9 Å². The molecule has 0 amide bonds. The zero-order valence-corrected chi connectivity index (χ0v) is 23.8. The van der Waals surface area contributed by atoms with Crippen LogP contribution in [0.1, 0.15) is 79.1 Å². The predicted molar refractivity (Wildman–Crippen MR) is 119 cm³/mol. The molecule has 0 fully saturated rings. The highest BCUT2D eigenvalue weighted by Crippen LogP contribution is 2.18. The fraction of sp³-hybridized carbons (Fsp3) is 0.615. The minimum atomic E-state index is 0. The molecule has 0 spiro atoms. The minimum Gasteiger partial charge on any atom is -1.00 e. The van der Waals surface area contributed by atoms with Crippen LogP contribution in [-0.2, 0) is 13.1 Å². The zero-order chi connectivity index (χ0) is 20.2.